The van der Waals surface area contributed by atoms with Crippen molar-refractivity contribution in [2.45, 2.75) is 32.6 Å². The van der Waals surface area contributed by atoms with Gasteiger partial charge >= 0.3 is 0 Å². The first-order valence-corrected chi connectivity index (χ1v) is 8.18. The number of rotatable bonds is 2. The number of carbonyl (C=O) groups is 1. The number of nitrogens with one attached hydrogen (secondary N) is 1. The van der Waals surface area contributed by atoms with Crippen LogP contribution in [0.25, 0.3) is 0 Å². The molecule has 3 nitrogen and oxygen atoms in total. The minimum atomic E-state index is 0.257. The summed E-state index contributed by atoms with van der Waals surface area (Å²) in [6, 6.07) is 2.09. The third kappa shape index (κ3) is 2.43. The Bertz CT molecular complexity index is 452. The van der Waals surface area contributed by atoms with Crippen LogP contribution in [0.1, 0.15) is 41.4 Å². The second-order valence-electron chi connectivity index (χ2n) is 5.85. The average molecular weight is 278 g/mol. The number of hydrogen-bond acceptors (Lipinski definition) is 3. The molecule has 0 saturated carbocycles. The van der Waals surface area contributed by atoms with E-state index in [9.17, 15) is 4.79 Å². The van der Waals surface area contributed by atoms with Crippen molar-refractivity contribution in [2.75, 3.05) is 26.2 Å². The summed E-state index contributed by atoms with van der Waals surface area (Å²) < 4.78 is 0. The van der Waals surface area contributed by atoms with E-state index in [1.807, 2.05) is 5.38 Å². The lowest BCUT2D eigenvalue weighted by Gasteiger charge is -2.38. The van der Waals surface area contributed by atoms with E-state index in [4.69, 9.17) is 0 Å². The van der Waals surface area contributed by atoms with Crippen molar-refractivity contribution in [1.82, 2.24) is 10.2 Å². The zero-order chi connectivity index (χ0) is 13.3. The molecule has 1 spiro atoms. The molecule has 1 aromatic heterocycles. The summed E-state index contributed by atoms with van der Waals surface area (Å²) in [6.45, 7) is 6.28. The molecule has 2 aliphatic heterocycles. The predicted molar refractivity (Wildman–Crippen MR) is 78.8 cm³/mol. The molecule has 1 N–H and O–H groups in total. The summed E-state index contributed by atoms with van der Waals surface area (Å²) in [4.78, 5) is 15.6. The lowest BCUT2D eigenvalue weighted by Crippen LogP contribution is -2.44. The molecule has 3 rings (SSSR count). The van der Waals surface area contributed by atoms with E-state index in [0.29, 0.717) is 5.41 Å². The number of likely N-dealkylation sites (tertiary alicyclic amines) is 1. The number of piperidine rings is 1. The first-order chi connectivity index (χ1) is 9.24. The summed E-state index contributed by atoms with van der Waals surface area (Å²) in [5.74, 6) is 0.257. The maximum Gasteiger partial charge on any atom is 0.264 e. The first kappa shape index (κ1) is 13.1. The van der Waals surface area contributed by atoms with E-state index < -0.39 is 0 Å². The van der Waals surface area contributed by atoms with E-state index in [1.165, 1.54) is 24.8 Å². The summed E-state index contributed by atoms with van der Waals surface area (Å²) in [6.07, 6.45) is 4.57. The molecule has 0 aliphatic carbocycles. The largest absolute Gasteiger partial charge is 0.338 e. The number of aryl methyl sites for hydroxylation is 1. The van der Waals surface area contributed by atoms with Crippen LogP contribution < -0.4 is 5.32 Å². The maximum absolute atomic E-state index is 12.6. The van der Waals surface area contributed by atoms with Gasteiger partial charge in [-0.2, -0.15) is 0 Å². The first-order valence-electron chi connectivity index (χ1n) is 7.30. The van der Waals surface area contributed by atoms with E-state index in [1.54, 1.807) is 11.3 Å². The molecule has 104 valence electrons. The molecular weight excluding hydrogens is 256 g/mol. The van der Waals surface area contributed by atoms with Crippen LogP contribution in [0.15, 0.2) is 11.4 Å². The van der Waals surface area contributed by atoms with Crippen molar-refractivity contribution in [3.8, 4) is 0 Å². The number of nitrogens with zero attached hydrogens (tertiary/aromatic N) is 1. The summed E-state index contributed by atoms with van der Waals surface area (Å²) in [7, 11) is 0. The molecular formula is C15H22N2OS. The zero-order valence-corrected chi connectivity index (χ0v) is 12.4. The highest BCUT2D eigenvalue weighted by Crippen LogP contribution is 2.37. The van der Waals surface area contributed by atoms with Crippen molar-refractivity contribution in [1.29, 1.82) is 0 Å². The Morgan fingerprint density at radius 1 is 1.42 bits per heavy atom. The van der Waals surface area contributed by atoms with Crippen LogP contribution in [0.5, 0.6) is 0 Å². The van der Waals surface area contributed by atoms with Crippen molar-refractivity contribution < 1.29 is 4.79 Å². The summed E-state index contributed by atoms with van der Waals surface area (Å²) in [5.41, 5.74) is 1.69. The van der Waals surface area contributed by atoms with Gasteiger partial charge < -0.3 is 10.2 Å². The molecule has 2 aliphatic rings. The molecule has 0 bridgehead atoms. The standard InChI is InChI=1S/C15H22N2OS/c1-2-12-3-10-19-13(12)14(18)17-8-5-15(6-9-17)4-7-16-11-15/h3,10,16H,2,4-9,11H2,1H3. The molecule has 0 unspecified atom stereocenters. The van der Waals surface area contributed by atoms with Gasteiger partial charge in [-0.15, -0.1) is 11.3 Å². The molecule has 0 atom stereocenters. The number of amides is 1. The van der Waals surface area contributed by atoms with Crippen LogP contribution in [0, 0.1) is 5.41 Å². The topological polar surface area (TPSA) is 32.3 Å². The van der Waals surface area contributed by atoms with Crippen molar-refractivity contribution in [3.63, 3.8) is 0 Å². The second kappa shape index (κ2) is 5.25. The van der Waals surface area contributed by atoms with Gasteiger partial charge in [0.1, 0.15) is 0 Å². The maximum atomic E-state index is 12.6. The van der Waals surface area contributed by atoms with Gasteiger partial charge in [-0.1, -0.05) is 6.92 Å². The van der Waals surface area contributed by atoms with Gasteiger partial charge in [0.25, 0.3) is 5.91 Å². The molecule has 2 saturated heterocycles. The fourth-order valence-electron chi connectivity index (χ4n) is 3.35. The summed E-state index contributed by atoms with van der Waals surface area (Å²) >= 11 is 1.60. The van der Waals surface area contributed by atoms with Crippen molar-refractivity contribution in [2.24, 2.45) is 5.41 Å². The van der Waals surface area contributed by atoms with E-state index in [0.717, 1.165) is 37.5 Å². The highest BCUT2D eigenvalue weighted by atomic mass is 32.1. The lowest BCUT2D eigenvalue weighted by molar-refractivity contribution is 0.0611. The predicted octanol–water partition coefficient (Wildman–Crippen LogP) is 2.53. The highest BCUT2D eigenvalue weighted by Gasteiger charge is 2.38. The molecule has 3 heterocycles. The number of hydrogen-bond donors (Lipinski definition) is 1. The van der Waals surface area contributed by atoms with Crippen molar-refractivity contribution >= 4 is 17.2 Å². The fraction of sp³-hybridized carbons (Fsp3) is 0.667. The van der Waals surface area contributed by atoms with Gasteiger partial charge in [0, 0.05) is 19.6 Å². The van der Waals surface area contributed by atoms with Gasteiger partial charge in [-0.05, 0) is 54.7 Å². The highest BCUT2D eigenvalue weighted by molar-refractivity contribution is 7.12. The van der Waals surface area contributed by atoms with Crippen LogP contribution in [0.3, 0.4) is 0 Å². The smallest absolute Gasteiger partial charge is 0.264 e. The normalized spacial score (nSPS) is 22.1. The minimum absolute atomic E-state index is 0.257. The average Bonchev–Trinajstić information content (AvgIpc) is 3.08. The van der Waals surface area contributed by atoms with E-state index in [-0.39, 0.29) is 5.91 Å². The third-order valence-electron chi connectivity index (χ3n) is 4.77. The Kier molecular flexibility index (Phi) is 3.63. The van der Waals surface area contributed by atoms with Crippen LogP contribution in [-0.4, -0.2) is 37.0 Å². The van der Waals surface area contributed by atoms with E-state index >= 15 is 0 Å². The number of carbonyl (C=O) groups excluding carboxylic acids is 1. The molecule has 4 heteroatoms. The Morgan fingerprint density at radius 2 is 2.21 bits per heavy atom. The number of thiophene rings is 1. The van der Waals surface area contributed by atoms with Gasteiger partial charge in [-0.25, -0.2) is 0 Å². The summed E-state index contributed by atoms with van der Waals surface area (Å²) in [5, 5.41) is 5.51. The van der Waals surface area contributed by atoms with Gasteiger partial charge in [0.15, 0.2) is 0 Å². The van der Waals surface area contributed by atoms with Crippen LogP contribution >= 0.6 is 11.3 Å². The molecule has 19 heavy (non-hydrogen) atoms. The lowest BCUT2D eigenvalue weighted by atomic mass is 9.78. The van der Waals surface area contributed by atoms with E-state index in [2.05, 4.69) is 23.2 Å². The van der Waals surface area contributed by atoms with Gasteiger partial charge in [-0.3, -0.25) is 4.79 Å². The van der Waals surface area contributed by atoms with Gasteiger partial charge in [0.2, 0.25) is 0 Å². The third-order valence-corrected chi connectivity index (χ3v) is 5.71. The molecule has 2 fully saturated rings. The SMILES string of the molecule is CCc1ccsc1C(=O)N1CCC2(CCNC2)CC1. The Hall–Kier alpha value is -0.870. The zero-order valence-electron chi connectivity index (χ0n) is 11.6. The van der Waals surface area contributed by atoms with Gasteiger partial charge in [0.05, 0.1) is 4.88 Å². The molecule has 0 aromatic carbocycles. The van der Waals surface area contributed by atoms with Crippen LogP contribution in [0.2, 0.25) is 0 Å². The minimum Gasteiger partial charge on any atom is -0.338 e. The van der Waals surface area contributed by atoms with Crippen LogP contribution in [-0.2, 0) is 6.42 Å². The van der Waals surface area contributed by atoms with Crippen molar-refractivity contribution in [3.05, 3.63) is 21.9 Å². The molecule has 0 radical (unpaired) electrons. The Labute approximate surface area is 119 Å². The second-order valence-corrected chi connectivity index (χ2v) is 6.76. The Morgan fingerprint density at radius 3 is 2.84 bits per heavy atom. The quantitative estimate of drug-likeness (QED) is 0.901. The van der Waals surface area contributed by atoms with Crippen LogP contribution in [0.4, 0.5) is 0 Å². The fourth-order valence-corrected chi connectivity index (χ4v) is 4.31. The molecule has 1 aromatic rings. The molecule has 1 amide bonds. The Balaban J connectivity index is 1.66. The monoisotopic (exact) mass is 278 g/mol.